The number of nitrogens with one attached hydrogen (secondary N) is 1. The third kappa shape index (κ3) is 2.70. The van der Waals surface area contributed by atoms with Gasteiger partial charge in [0.15, 0.2) is 0 Å². The second-order valence-corrected chi connectivity index (χ2v) is 3.67. The van der Waals surface area contributed by atoms with Gasteiger partial charge in [0, 0.05) is 13.2 Å². The van der Waals surface area contributed by atoms with E-state index < -0.39 is 0 Å². The van der Waals surface area contributed by atoms with Crippen molar-refractivity contribution in [1.82, 2.24) is 5.32 Å². The van der Waals surface area contributed by atoms with E-state index >= 15 is 0 Å². The summed E-state index contributed by atoms with van der Waals surface area (Å²) in [4.78, 5) is 0. The van der Waals surface area contributed by atoms with Crippen LogP contribution in [-0.2, 0) is 4.74 Å². The SMILES string of the molecule is C#CC(C)NC1(CN)CCCOC1. The normalized spacial score (nSPS) is 30.8. The van der Waals surface area contributed by atoms with Crippen molar-refractivity contribution in [2.45, 2.75) is 31.3 Å². The summed E-state index contributed by atoms with van der Waals surface area (Å²) in [6.45, 7) is 4.06. The van der Waals surface area contributed by atoms with Crippen LogP contribution in [0, 0.1) is 12.3 Å². The largest absolute Gasteiger partial charge is 0.379 e. The summed E-state index contributed by atoms with van der Waals surface area (Å²) in [7, 11) is 0. The van der Waals surface area contributed by atoms with Crippen molar-refractivity contribution >= 4 is 0 Å². The van der Waals surface area contributed by atoms with Gasteiger partial charge in [0.25, 0.3) is 0 Å². The van der Waals surface area contributed by atoms with Crippen LogP contribution in [0.3, 0.4) is 0 Å². The van der Waals surface area contributed by atoms with Crippen LogP contribution >= 0.6 is 0 Å². The molecule has 0 aromatic rings. The van der Waals surface area contributed by atoms with Gasteiger partial charge in [-0.25, -0.2) is 0 Å². The molecule has 0 bridgehead atoms. The first-order valence-electron chi connectivity index (χ1n) is 4.74. The zero-order valence-corrected chi connectivity index (χ0v) is 8.18. The molecule has 1 aliphatic heterocycles. The van der Waals surface area contributed by atoms with Crippen molar-refractivity contribution in [2.24, 2.45) is 5.73 Å². The van der Waals surface area contributed by atoms with E-state index in [1.165, 1.54) is 0 Å². The van der Waals surface area contributed by atoms with Gasteiger partial charge in [0.05, 0.1) is 18.2 Å². The Morgan fingerprint density at radius 2 is 2.54 bits per heavy atom. The molecule has 1 fully saturated rings. The van der Waals surface area contributed by atoms with Gasteiger partial charge in [-0.1, -0.05) is 5.92 Å². The summed E-state index contributed by atoms with van der Waals surface area (Å²) in [5, 5.41) is 3.35. The van der Waals surface area contributed by atoms with Gasteiger partial charge >= 0.3 is 0 Å². The van der Waals surface area contributed by atoms with Crippen molar-refractivity contribution < 1.29 is 4.74 Å². The maximum atomic E-state index is 5.73. The minimum Gasteiger partial charge on any atom is -0.379 e. The molecule has 0 saturated carbocycles. The van der Waals surface area contributed by atoms with Crippen LogP contribution in [0.15, 0.2) is 0 Å². The fourth-order valence-corrected chi connectivity index (χ4v) is 1.69. The third-order valence-corrected chi connectivity index (χ3v) is 2.49. The van der Waals surface area contributed by atoms with Crippen LogP contribution in [0.25, 0.3) is 0 Å². The third-order valence-electron chi connectivity index (χ3n) is 2.49. The second kappa shape index (κ2) is 4.61. The van der Waals surface area contributed by atoms with Gasteiger partial charge in [-0.05, 0) is 19.8 Å². The predicted octanol–water partition coefficient (Wildman–Crippen LogP) is 0.106. The molecule has 0 amide bonds. The number of rotatable bonds is 3. The van der Waals surface area contributed by atoms with Crippen molar-refractivity contribution in [3.63, 3.8) is 0 Å². The Morgan fingerprint density at radius 1 is 1.77 bits per heavy atom. The molecular weight excluding hydrogens is 164 g/mol. The maximum absolute atomic E-state index is 5.73. The lowest BCUT2D eigenvalue weighted by atomic mass is 9.91. The molecule has 2 atom stereocenters. The molecule has 0 radical (unpaired) electrons. The Kier molecular flexibility index (Phi) is 3.73. The number of hydrogen-bond acceptors (Lipinski definition) is 3. The number of terminal acetylenes is 1. The molecule has 0 spiro atoms. The molecule has 74 valence electrons. The van der Waals surface area contributed by atoms with E-state index in [9.17, 15) is 0 Å². The quantitative estimate of drug-likeness (QED) is 0.609. The predicted molar refractivity (Wildman–Crippen MR) is 53.3 cm³/mol. The average Bonchev–Trinajstić information content (AvgIpc) is 2.19. The lowest BCUT2D eigenvalue weighted by Crippen LogP contribution is -2.59. The van der Waals surface area contributed by atoms with Crippen LogP contribution in [0.5, 0.6) is 0 Å². The van der Waals surface area contributed by atoms with Crippen LogP contribution < -0.4 is 11.1 Å². The Balaban J connectivity index is 2.53. The van der Waals surface area contributed by atoms with E-state index in [4.69, 9.17) is 16.9 Å². The van der Waals surface area contributed by atoms with E-state index in [-0.39, 0.29) is 11.6 Å². The molecule has 2 unspecified atom stereocenters. The molecule has 3 N–H and O–H groups in total. The van der Waals surface area contributed by atoms with Gasteiger partial charge in [-0.3, -0.25) is 5.32 Å². The highest BCUT2D eigenvalue weighted by molar-refractivity contribution is 5.02. The van der Waals surface area contributed by atoms with Crippen LogP contribution in [0.4, 0.5) is 0 Å². The Bertz CT molecular complexity index is 192. The molecule has 1 aliphatic rings. The van der Waals surface area contributed by atoms with E-state index in [0.717, 1.165) is 19.4 Å². The van der Waals surface area contributed by atoms with Gasteiger partial charge in [0.1, 0.15) is 0 Å². The van der Waals surface area contributed by atoms with E-state index in [2.05, 4.69) is 11.2 Å². The van der Waals surface area contributed by atoms with E-state index in [1.807, 2.05) is 6.92 Å². The summed E-state index contributed by atoms with van der Waals surface area (Å²) >= 11 is 0. The summed E-state index contributed by atoms with van der Waals surface area (Å²) in [6, 6.07) is 0.0604. The molecule has 1 heterocycles. The minimum absolute atomic E-state index is 0.0604. The smallest absolute Gasteiger partial charge is 0.0663 e. The zero-order chi connectivity index (χ0) is 9.73. The molecule has 1 rings (SSSR count). The number of nitrogens with two attached hydrogens (primary N) is 1. The first-order chi connectivity index (χ1) is 6.22. The highest BCUT2D eigenvalue weighted by Crippen LogP contribution is 2.18. The molecular formula is C10H18N2O. The Labute approximate surface area is 80.0 Å². The molecule has 1 saturated heterocycles. The summed E-state index contributed by atoms with van der Waals surface area (Å²) in [5.74, 6) is 2.65. The van der Waals surface area contributed by atoms with Crippen molar-refractivity contribution in [2.75, 3.05) is 19.8 Å². The molecule has 3 heteroatoms. The molecule has 3 nitrogen and oxygen atoms in total. The minimum atomic E-state index is -0.0932. The van der Waals surface area contributed by atoms with Crippen molar-refractivity contribution in [3.8, 4) is 12.3 Å². The van der Waals surface area contributed by atoms with Gasteiger partial charge in [-0.2, -0.15) is 0 Å². The van der Waals surface area contributed by atoms with Gasteiger partial charge < -0.3 is 10.5 Å². The lowest BCUT2D eigenvalue weighted by Gasteiger charge is -2.38. The fraction of sp³-hybridized carbons (Fsp3) is 0.800. The second-order valence-electron chi connectivity index (χ2n) is 3.67. The van der Waals surface area contributed by atoms with Gasteiger partial charge in [-0.15, -0.1) is 6.42 Å². The fourth-order valence-electron chi connectivity index (χ4n) is 1.69. The summed E-state index contributed by atoms with van der Waals surface area (Å²) < 4.78 is 5.41. The summed E-state index contributed by atoms with van der Waals surface area (Å²) in [6.07, 6.45) is 7.42. The standard InChI is InChI=1S/C10H18N2O/c1-3-9(2)12-10(7-11)5-4-6-13-8-10/h1,9,12H,4-8,11H2,2H3. The first-order valence-corrected chi connectivity index (χ1v) is 4.74. The average molecular weight is 182 g/mol. The number of ether oxygens (including phenoxy) is 1. The Morgan fingerprint density at radius 3 is 3.00 bits per heavy atom. The van der Waals surface area contributed by atoms with Crippen LogP contribution in [-0.4, -0.2) is 31.3 Å². The van der Waals surface area contributed by atoms with E-state index in [1.54, 1.807) is 0 Å². The van der Waals surface area contributed by atoms with Crippen molar-refractivity contribution in [3.05, 3.63) is 0 Å². The van der Waals surface area contributed by atoms with E-state index in [0.29, 0.717) is 13.2 Å². The summed E-state index contributed by atoms with van der Waals surface area (Å²) in [5.41, 5.74) is 5.64. The van der Waals surface area contributed by atoms with Gasteiger partial charge in [0.2, 0.25) is 0 Å². The Hall–Kier alpha value is -0.560. The highest BCUT2D eigenvalue weighted by atomic mass is 16.5. The first kappa shape index (κ1) is 10.5. The molecule has 13 heavy (non-hydrogen) atoms. The topological polar surface area (TPSA) is 47.3 Å². The van der Waals surface area contributed by atoms with Crippen LogP contribution in [0.2, 0.25) is 0 Å². The van der Waals surface area contributed by atoms with Crippen molar-refractivity contribution in [1.29, 1.82) is 0 Å². The molecule has 0 aromatic heterocycles. The van der Waals surface area contributed by atoms with Crippen LogP contribution in [0.1, 0.15) is 19.8 Å². The monoisotopic (exact) mass is 182 g/mol. The zero-order valence-electron chi connectivity index (χ0n) is 8.18. The molecule has 0 aliphatic carbocycles. The lowest BCUT2D eigenvalue weighted by molar-refractivity contribution is 0.0222. The molecule has 0 aromatic carbocycles. The maximum Gasteiger partial charge on any atom is 0.0663 e. The highest BCUT2D eigenvalue weighted by Gasteiger charge is 2.31. The number of hydrogen-bond donors (Lipinski definition) is 2.